The molecule has 0 aromatic carbocycles. The number of hydrogen-bond acceptors (Lipinski definition) is 5. The van der Waals surface area contributed by atoms with Crippen LogP contribution in [-0.4, -0.2) is 73.0 Å². The molecule has 2 amide bonds. The van der Waals surface area contributed by atoms with Gasteiger partial charge in [0.2, 0.25) is 11.8 Å². The van der Waals surface area contributed by atoms with E-state index in [1.165, 1.54) is 0 Å². The van der Waals surface area contributed by atoms with Gasteiger partial charge < -0.3 is 15.0 Å². The fraction of sp³-hybridized carbons (Fsp3) is 0.800. The van der Waals surface area contributed by atoms with Gasteiger partial charge in [0, 0.05) is 12.6 Å². The molecule has 1 aliphatic rings. The Bertz CT molecular complexity index is 681. The van der Waals surface area contributed by atoms with E-state index in [0.29, 0.717) is 12.2 Å². The van der Waals surface area contributed by atoms with E-state index in [-0.39, 0.29) is 35.8 Å². The predicted octanol–water partition coefficient (Wildman–Crippen LogP) is 3.38. The third-order valence-corrected chi connectivity index (χ3v) is 6.22. The Morgan fingerprint density at radius 1 is 1.19 bits per heavy atom. The summed E-state index contributed by atoms with van der Waals surface area (Å²) in [6, 6.07) is -1.18. The molecule has 7 heteroatoms. The zero-order chi connectivity index (χ0) is 24.6. The molecule has 1 saturated heterocycles. The van der Waals surface area contributed by atoms with Gasteiger partial charge in [-0.1, -0.05) is 53.5 Å². The van der Waals surface area contributed by atoms with Gasteiger partial charge in [-0.2, -0.15) is 0 Å². The van der Waals surface area contributed by atoms with E-state index in [2.05, 4.69) is 10.2 Å². The van der Waals surface area contributed by atoms with Crippen LogP contribution in [0.2, 0.25) is 0 Å². The van der Waals surface area contributed by atoms with Crippen LogP contribution >= 0.6 is 0 Å². The number of nitrogens with zero attached hydrogens (tertiary/aromatic N) is 2. The smallest absolute Gasteiger partial charge is 0.333 e. The second-order valence-corrected chi connectivity index (χ2v) is 10.4. The molecule has 1 heterocycles. The van der Waals surface area contributed by atoms with Crippen LogP contribution < -0.4 is 5.32 Å². The molecule has 1 aliphatic heterocycles. The fourth-order valence-electron chi connectivity index (χ4n) is 4.14. The Morgan fingerprint density at radius 3 is 2.34 bits per heavy atom. The number of ether oxygens (including phenoxy) is 1. The minimum atomic E-state index is -0.672. The summed E-state index contributed by atoms with van der Waals surface area (Å²) in [5.41, 5.74) is 0.00719. The number of likely N-dealkylation sites (tertiary alicyclic amines) is 1. The molecular formula is C25H45N3O4. The minimum Gasteiger partial charge on any atom is -0.463 e. The number of nitrogens with one attached hydrogen (secondary N) is 1. The molecule has 0 bridgehead atoms. The Kier molecular flexibility index (Phi) is 10.9. The lowest BCUT2D eigenvalue weighted by Gasteiger charge is -2.38. The van der Waals surface area contributed by atoms with Gasteiger partial charge in [0.05, 0.1) is 18.7 Å². The molecule has 0 aromatic heterocycles. The van der Waals surface area contributed by atoms with Crippen molar-refractivity contribution in [1.82, 2.24) is 15.1 Å². The highest BCUT2D eigenvalue weighted by atomic mass is 16.5. The molecule has 3 atom stereocenters. The third kappa shape index (κ3) is 7.91. The van der Waals surface area contributed by atoms with Gasteiger partial charge in [0.1, 0.15) is 6.04 Å². The highest BCUT2D eigenvalue weighted by molar-refractivity contribution is 5.91. The molecule has 1 N–H and O–H groups in total. The topological polar surface area (TPSA) is 79.0 Å². The standard InChI is InChI=1S/C25H45N3O4/c1-10-32-24(31)18(4)16-20(17(2)3)28(9)23(30)21(25(5,6)7)26-22(29)19-14-12-11-13-15-27(19)8/h16-17,19-21H,10-15H2,1-9H3,(H,26,29)/t19?,20-,21-/m1/s1. The van der Waals surface area contributed by atoms with Crippen molar-refractivity contribution in [3.05, 3.63) is 11.6 Å². The molecular weight excluding hydrogens is 406 g/mol. The first-order chi connectivity index (χ1) is 14.8. The van der Waals surface area contributed by atoms with Crippen LogP contribution in [0, 0.1) is 11.3 Å². The largest absolute Gasteiger partial charge is 0.463 e. The number of amides is 2. The van der Waals surface area contributed by atoms with Crippen molar-refractivity contribution in [2.75, 3.05) is 27.2 Å². The van der Waals surface area contributed by atoms with E-state index >= 15 is 0 Å². The van der Waals surface area contributed by atoms with Gasteiger partial charge in [-0.05, 0) is 51.6 Å². The van der Waals surface area contributed by atoms with E-state index in [1.807, 2.05) is 41.7 Å². The quantitative estimate of drug-likeness (QED) is 0.452. The van der Waals surface area contributed by atoms with E-state index in [0.717, 1.165) is 32.2 Å². The first kappa shape index (κ1) is 28.1. The van der Waals surface area contributed by atoms with Crippen LogP contribution in [0.15, 0.2) is 11.6 Å². The van der Waals surface area contributed by atoms with Crippen molar-refractivity contribution in [2.24, 2.45) is 11.3 Å². The van der Waals surface area contributed by atoms with Gasteiger partial charge in [-0.3, -0.25) is 14.5 Å². The van der Waals surface area contributed by atoms with Crippen LogP contribution in [0.3, 0.4) is 0 Å². The number of rotatable bonds is 8. The molecule has 0 spiro atoms. The Balaban J connectivity index is 3.12. The van der Waals surface area contributed by atoms with Crippen LogP contribution in [0.4, 0.5) is 0 Å². The normalized spacial score (nSPS) is 20.3. The highest BCUT2D eigenvalue weighted by Gasteiger charge is 2.38. The summed E-state index contributed by atoms with van der Waals surface area (Å²) in [4.78, 5) is 42.7. The van der Waals surface area contributed by atoms with Crippen LogP contribution in [-0.2, 0) is 19.1 Å². The summed E-state index contributed by atoms with van der Waals surface area (Å²) >= 11 is 0. The van der Waals surface area contributed by atoms with Gasteiger partial charge in [0.15, 0.2) is 0 Å². The molecule has 0 radical (unpaired) electrons. The SMILES string of the molecule is CCOC(=O)C(C)=C[C@H](C(C)C)N(C)C(=O)[C@@H](NC(=O)C1CCCCCN1C)C(C)(C)C. The molecule has 0 aliphatic carbocycles. The maximum atomic E-state index is 13.6. The third-order valence-electron chi connectivity index (χ3n) is 6.22. The van der Waals surface area contributed by atoms with Gasteiger partial charge in [0.25, 0.3) is 0 Å². The second kappa shape index (κ2) is 12.4. The molecule has 1 unspecified atom stereocenters. The molecule has 1 rings (SSSR count). The van der Waals surface area contributed by atoms with Crippen LogP contribution in [0.25, 0.3) is 0 Å². The monoisotopic (exact) mass is 451 g/mol. The predicted molar refractivity (Wildman–Crippen MR) is 128 cm³/mol. The van der Waals surface area contributed by atoms with E-state index in [1.54, 1.807) is 31.9 Å². The summed E-state index contributed by atoms with van der Waals surface area (Å²) in [7, 11) is 3.72. The molecule has 1 fully saturated rings. The Hall–Kier alpha value is -1.89. The lowest BCUT2D eigenvalue weighted by atomic mass is 9.84. The van der Waals surface area contributed by atoms with Gasteiger partial charge >= 0.3 is 5.97 Å². The second-order valence-electron chi connectivity index (χ2n) is 10.4. The van der Waals surface area contributed by atoms with Crippen molar-refractivity contribution in [1.29, 1.82) is 0 Å². The lowest BCUT2D eigenvalue weighted by Crippen LogP contribution is -2.59. The molecule has 0 saturated carbocycles. The first-order valence-corrected chi connectivity index (χ1v) is 11.9. The lowest BCUT2D eigenvalue weighted by molar-refractivity contribution is -0.141. The summed E-state index contributed by atoms with van der Waals surface area (Å²) in [5, 5.41) is 3.07. The van der Waals surface area contributed by atoms with E-state index in [4.69, 9.17) is 4.74 Å². The molecule has 184 valence electrons. The van der Waals surface area contributed by atoms with Gasteiger partial charge in [-0.15, -0.1) is 0 Å². The van der Waals surface area contributed by atoms with Crippen molar-refractivity contribution in [3.8, 4) is 0 Å². The Morgan fingerprint density at radius 2 is 1.81 bits per heavy atom. The van der Waals surface area contributed by atoms with Crippen molar-refractivity contribution >= 4 is 17.8 Å². The van der Waals surface area contributed by atoms with Crippen molar-refractivity contribution in [3.63, 3.8) is 0 Å². The maximum Gasteiger partial charge on any atom is 0.333 e. The summed E-state index contributed by atoms with van der Waals surface area (Å²) in [6.45, 7) is 14.6. The first-order valence-electron chi connectivity index (χ1n) is 11.9. The number of esters is 1. The average molecular weight is 452 g/mol. The summed E-state index contributed by atoms with van der Waals surface area (Å²) in [5.74, 6) is -0.544. The Labute approximate surface area is 194 Å². The van der Waals surface area contributed by atoms with Gasteiger partial charge in [-0.25, -0.2) is 4.79 Å². The van der Waals surface area contributed by atoms with Crippen LogP contribution in [0.1, 0.15) is 74.1 Å². The van der Waals surface area contributed by atoms with E-state index < -0.39 is 11.5 Å². The number of carbonyl (C=O) groups excluding carboxylic acids is 3. The summed E-state index contributed by atoms with van der Waals surface area (Å²) in [6.07, 6.45) is 5.83. The van der Waals surface area contributed by atoms with Crippen molar-refractivity contribution in [2.45, 2.75) is 92.3 Å². The summed E-state index contributed by atoms with van der Waals surface area (Å²) < 4.78 is 5.09. The zero-order valence-corrected chi connectivity index (χ0v) is 21.7. The minimum absolute atomic E-state index is 0.0811. The maximum absolute atomic E-state index is 13.6. The number of likely N-dealkylation sites (N-methyl/N-ethyl adjacent to an activating group) is 2. The molecule has 7 nitrogen and oxygen atoms in total. The zero-order valence-electron chi connectivity index (χ0n) is 21.7. The van der Waals surface area contributed by atoms with Crippen molar-refractivity contribution < 1.29 is 19.1 Å². The average Bonchev–Trinajstić information content (AvgIpc) is 2.92. The fourth-order valence-corrected chi connectivity index (χ4v) is 4.14. The molecule has 0 aromatic rings. The highest BCUT2D eigenvalue weighted by Crippen LogP contribution is 2.25. The molecule has 32 heavy (non-hydrogen) atoms. The number of hydrogen-bond donors (Lipinski definition) is 1. The van der Waals surface area contributed by atoms with E-state index in [9.17, 15) is 14.4 Å². The number of carbonyl (C=O) groups is 3. The van der Waals surface area contributed by atoms with Crippen LogP contribution in [0.5, 0.6) is 0 Å².